The highest BCUT2D eigenvalue weighted by molar-refractivity contribution is 5.40. The Morgan fingerprint density at radius 3 is 2.85 bits per heavy atom. The highest BCUT2D eigenvalue weighted by Crippen LogP contribution is 2.40. The number of hydrogen-bond donors (Lipinski definition) is 1. The lowest BCUT2D eigenvalue weighted by atomic mass is 9.74. The van der Waals surface area contributed by atoms with Gasteiger partial charge in [-0.05, 0) is 49.3 Å². The molecule has 20 heavy (non-hydrogen) atoms. The maximum atomic E-state index is 6.45. The number of benzene rings is 1. The third-order valence-electron chi connectivity index (χ3n) is 4.40. The average molecular weight is 269 g/mol. The Bertz CT molecular complexity index is 600. The van der Waals surface area contributed by atoms with Crippen LogP contribution in [0.1, 0.15) is 54.7 Å². The largest absolute Gasteiger partial charge is 0.323 e. The van der Waals surface area contributed by atoms with Gasteiger partial charge in [-0.3, -0.25) is 4.68 Å². The van der Waals surface area contributed by atoms with E-state index in [1.54, 1.807) is 0 Å². The standard InChI is InChI=1S/C17H23N3/c1-3-14-11-17(20(4-2)19-14)16(18)10-13-9-12-7-5-6-8-15(12)13/h5-8,11,13,16H,3-4,9-10,18H2,1-2H3. The fourth-order valence-corrected chi connectivity index (χ4v) is 3.21. The van der Waals surface area contributed by atoms with E-state index in [0.717, 1.165) is 25.1 Å². The predicted octanol–water partition coefficient (Wildman–Crippen LogP) is 3.20. The smallest absolute Gasteiger partial charge is 0.0625 e. The minimum Gasteiger partial charge on any atom is -0.323 e. The summed E-state index contributed by atoms with van der Waals surface area (Å²) in [6.45, 7) is 5.16. The Labute approximate surface area is 120 Å². The summed E-state index contributed by atoms with van der Waals surface area (Å²) in [6.07, 6.45) is 3.16. The van der Waals surface area contributed by atoms with Crippen molar-refractivity contribution >= 4 is 0 Å². The quantitative estimate of drug-likeness (QED) is 0.906. The maximum Gasteiger partial charge on any atom is 0.0625 e. The fraction of sp³-hybridized carbons (Fsp3) is 0.471. The van der Waals surface area contributed by atoms with E-state index < -0.39 is 0 Å². The average Bonchev–Trinajstić information content (AvgIpc) is 2.88. The van der Waals surface area contributed by atoms with Crippen LogP contribution < -0.4 is 5.73 Å². The van der Waals surface area contributed by atoms with Crippen LogP contribution in [-0.4, -0.2) is 9.78 Å². The summed E-state index contributed by atoms with van der Waals surface area (Å²) in [7, 11) is 0. The molecule has 3 rings (SSSR count). The first-order valence-electron chi connectivity index (χ1n) is 7.62. The zero-order chi connectivity index (χ0) is 14.1. The molecule has 3 nitrogen and oxygen atoms in total. The summed E-state index contributed by atoms with van der Waals surface area (Å²) in [5.41, 5.74) is 11.8. The van der Waals surface area contributed by atoms with Gasteiger partial charge in [0.1, 0.15) is 0 Å². The lowest BCUT2D eigenvalue weighted by molar-refractivity contribution is 0.468. The number of aryl methyl sites for hydroxylation is 2. The number of fused-ring (bicyclic) bond motifs is 1. The summed E-state index contributed by atoms with van der Waals surface area (Å²) < 4.78 is 2.06. The molecular formula is C17H23N3. The van der Waals surface area contributed by atoms with Gasteiger partial charge in [0.05, 0.1) is 11.4 Å². The molecule has 0 saturated carbocycles. The van der Waals surface area contributed by atoms with Crippen molar-refractivity contribution in [2.24, 2.45) is 5.73 Å². The molecule has 0 saturated heterocycles. The van der Waals surface area contributed by atoms with Gasteiger partial charge in [-0.2, -0.15) is 5.10 Å². The van der Waals surface area contributed by atoms with Gasteiger partial charge >= 0.3 is 0 Å². The Balaban J connectivity index is 1.74. The van der Waals surface area contributed by atoms with Crippen molar-refractivity contribution in [1.29, 1.82) is 0 Å². The summed E-state index contributed by atoms with van der Waals surface area (Å²) >= 11 is 0. The molecule has 0 bridgehead atoms. The lowest BCUT2D eigenvalue weighted by Crippen LogP contribution is -2.24. The molecule has 2 unspecified atom stereocenters. The van der Waals surface area contributed by atoms with E-state index in [0.29, 0.717) is 5.92 Å². The Kier molecular flexibility index (Phi) is 3.62. The molecule has 3 heteroatoms. The van der Waals surface area contributed by atoms with Crippen LogP contribution in [0.3, 0.4) is 0 Å². The van der Waals surface area contributed by atoms with Gasteiger partial charge < -0.3 is 5.73 Å². The van der Waals surface area contributed by atoms with Crippen LogP contribution in [0.25, 0.3) is 0 Å². The van der Waals surface area contributed by atoms with E-state index in [2.05, 4.69) is 54.0 Å². The Morgan fingerprint density at radius 1 is 1.35 bits per heavy atom. The van der Waals surface area contributed by atoms with Crippen LogP contribution in [0, 0.1) is 0 Å². The van der Waals surface area contributed by atoms with Crippen molar-refractivity contribution in [3.63, 3.8) is 0 Å². The van der Waals surface area contributed by atoms with Crippen LogP contribution >= 0.6 is 0 Å². The molecular weight excluding hydrogens is 246 g/mol. The van der Waals surface area contributed by atoms with Gasteiger partial charge in [0.25, 0.3) is 0 Å². The monoisotopic (exact) mass is 269 g/mol. The molecule has 1 aromatic heterocycles. The summed E-state index contributed by atoms with van der Waals surface area (Å²) in [4.78, 5) is 0. The van der Waals surface area contributed by atoms with E-state index in [1.165, 1.54) is 23.2 Å². The summed E-state index contributed by atoms with van der Waals surface area (Å²) in [5, 5.41) is 4.60. The zero-order valence-corrected chi connectivity index (χ0v) is 12.3. The first-order chi connectivity index (χ1) is 9.72. The fourth-order valence-electron chi connectivity index (χ4n) is 3.21. The van der Waals surface area contributed by atoms with Crippen molar-refractivity contribution in [2.75, 3.05) is 0 Å². The van der Waals surface area contributed by atoms with Gasteiger partial charge in [0.15, 0.2) is 0 Å². The van der Waals surface area contributed by atoms with Crippen LogP contribution in [-0.2, 0) is 19.4 Å². The molecule has 2 aromatic rings. The minimum absolute atomic E-state index is 0.0844. The number of rotatable bonds is 5. The normalized spacial score (nSPS) is 18.4. The second-order valence-corrected chi connectivity index (χ2v) is 5.67. The highest BCUT2D eigenvalue weighted by atomic mass is 15.3. The van der Waals surface area contributed by atoms with Crippen LogP contribution in [0.2, 0.25) is 0 Å². The third-order valence-corrected chi connectivity index (χ3v) is 4.40. The van der Waals surface area contributed by atoms with Crippen molar-refractivity contribution in [2.45, 2.75) is 51.6 Å². The molecule has 1 aromatic carbocycles. The van der Waals surface area contributed by atoms with Crippen LogP contribution in [0.15, 0.2) is 30.3 Å². The minimum atomic E-state index is 0.0844. The van der Waals surface area contributed by atoms with E-state index >= 15 is 0 Å². The summed E-state index contributed by atoms with van der Waals surface area (Å²) in [5.74, 6) is 0.617. The molecule has 0 spiro atoms. The molecule has 1 aliphatic carbocycles. The van der Waals surface area contributed by atoms with Gasteiger partial charge in [0, 0.05) is 12.6 Å². The van der Waals surface area contributed by atoms with Crippen LogP contribution in [0.5, 0.6) is 0 Å². The lowest BCUT2D eigenvalue weighted by Gasteiger charge is -2.32. The third kappa shape index (κ3) is 2.27. The van der Waals surface area contributed by atoms with Crippen molar-refractivity contribution in [3.05, 3.63) is 52.8 Å². The SMILES string of the molecule is CCc1cc(C(N)CC2Cc3ccccc32)n(CC)n1. The molecule has 2 N–H and O–H groups in total. The van der Waals surface area contributed by atoms with Gasteiger partial charge in [-0.1, -0.05) is 31.2 Å². The second-order valence-electron chi connectivity index (χ2n) is 5.67. The maximum absolute atomic E-state index is 6.45. The van der Waals surface area contributed by atoms with Gasteiger partial charge in [-0.15, -0.1) is 0 Å². The number of nitrogens with zero attached hydrogens (tertiary/aromatic N) is 2. The topological polar surface area (TPSA) is 43.8 Å². The van der Waals surface area contributed by atoms with E-state index in [-0.39, 0.29) is 6.04 Å². The van der Waals surface area contributed by atoms with Crippen molar-refractivity contribution < 1.29 is 0 Å². The number of nitrogens with two attached hydrogens (primary N) is 1. The Morgan fingerprint density at radius 2 is 2.15 bits per heavy atom. The number of aromatic nitrogens is 2. The zero-order valence-electron chi connectivity index (χ0n) is 12.3. The molecule has 106 valence electrons. The Hall–Kier alpha value is -1.61. The predicted molar refractivity (Wildman–Crippen MR) is 81.7 cm³/mol. The van der Waals surface area contributed by atoms with Crippen LogP contribution in [0.4, 0.5) is 0 Å². The first-order valence-corrected chi connectivity index (χ1v) is 7.62. The highest BCUT2D eigenvalue weighted by Gasteiger charge is 2.28. The summed E-state index contributed by atoms with van der Waals surface area (Å²) in [6, 6.07) is 11.0. The molecule has 1 heterocycles. The first kappa shape index (κ1) is 13.4. The molecule has 1 aliphatic rings. The van der Waals surface area contributed by atoms with E-state index in [4.69, 9.17) is 5.73 Å². The van der Waals surface area contributed by atoms with E-state index in [9.17, 15) is 0 Å². The van der Waals surface area contributed by atoms with E-state index in [1.807, 2.05) is 0 Å². The second kappa shape index (κ2) is 5.41. The molecule has 0 radical (unpaired) electrons. The molecule has 0 fully saturated rings. The van der Waals surface area contributed by atoms with Gasteiger partial charge in [-0.25, -0.2) is 0 Å². The molecule has 0 amide bonds. The molecule has 0 aliphatic heterocycles. The van der Waals surface area contributed by atoms with Crippen molar-refractivity contribution in [1.82, 2.24) is 9.78 Å². The van der Waals surface area contributed by atoms with Crippen molar-refractivity contribution in [3.8, 4) is 0 Å². The van der Waals surface area contributed by atoms with Gasteiger partial charge in [0.2, 0.25) is 0 Å². The number of hydrogen-bond acceptors (Lipinski definition) is 2. The molecule has 2 atom stereocenters.